The monoisotopic (exact) mass is 258 g/mol. The van der Waals surface area contributed by atoms with Crippen molar-refractivity contribution in [1.82, 2.24) is 10.2 Å². The third-order valence-corrected chi connectivity index (χ3v) is 3.30. The predicted octanol–water partition coefficient (Wildman–Crippen LogP) is 2.50. The molecule has 1 atom stereocenters. The normalized spacial score (nSPS) is 21.4. The van der Waals surface area contributed by atoms with Gasteiger partial charge in [-0.15, -0.1) is 0 Å². The molecule has 1 saturated heterocycles. The number of alkyl halides is 3. The van der Waals surface area contributed by atoms with Crippen LogP contribution < -0.4 is 5.32 Å². The first-order chi connectivity index (χ1) is 8.47. The molecule has 1 aliphatic heterocycles. The number of benzene rings is 1. The van der Waals surface area contributed by atoms with Crippen LogP contribution >= 0.6 is 0 Å². The molecule has 0 spiro atoms. The van der Waals surface area contributed by atoms with Gasteiger partial charge in [-0.25, -0.2) is 0 Å². The lowest BCUT2D eigenvalue weighted by atomic mass is 10.1. The van der Waals surface area contributed by atoms with Crippen molar-refractivity contribution < 1.29 is 13.2 Å². The molecule has 0 bridgehead atoms. The summed E-state index contributed by atoms with van der Waals surface area (Å²) in [5.41, 5.74) is -0.219. The molecule has 100 valence electrons. The molecule has 0 aromatic heterocycles. The Morgan fingerprint density at radius 2 is 2.06 bits per heavy atom. The summed E-state index contributed by atoms with van der Waals surface area (Å²) in [6.45, 7) is 2.17. The van der Waals surface area contributed by atoms with E-state index in [1.165, 1.54) is 12.1 Å². The average Bonchev–Trinajstić information content (AvgIpc) is 2.72. The van der Waals surface area contributed by atoms with Crippen molar-refractivity contribution in [2.24, 2.45) is 0 Å². The first-order valence-electron chi connectivity index (χ1n) is 6.04. The van der Waals surface area contributed by atoms with Crippen molar-refractivity contribution in [2.45, 2.75) is 25.2 Å². The molecule has 1 heterocycles. The Labute approximate surface area is 105 Å². The lowest BCUT2D eigenvalue weighted by Crippen LogP contribution is -2.31. The molecule has 2 nitrogen and oxygen atoms in total. The van der Waals surface area contributed by atoms with Crippen molar-refractivity contribution in [3.63, 3.8) is 0 Å². The Bertz CT molecular complexity index is 403. The van der Waals surface area contributed by atoms with Crippen LogP contribution in [0.2, 0.25) is 0 Å². The molecule has 18 heavy (non-hydrogen) atoms. The Balaban J connectivity index is 2.01. The van der Waals surface area contributed by atoms with Crippen LogP contribution in [0, 0.1) is 0 Å². The fraction of sp³-hybridized carbons (Fsp3) is 0.538. The van der Waals surface area contributed by atoms with E-state index in [1.807, 2.05) is 7.05 Å². The second-order valence-electron chi connectivity index (χ2n) is 4.78. The summed E-state index contributed by atoms with van der Waals surface area (Å²) in [6, 6.07) is 6.03. The third-order valence-electron chi connectivity index (χ3n) is 3.30. The first-order valence-corrected chi connectivity index (χ1v) is 6.04. The molecule has 0 amide bonds. The highest BCUT2D eigenvalue weighted by atomic mass is 19.4. The zero-order valence-electron chi connectivity index (χ0n) is 10.3. The Morgan fingerprint density at radius 1 is 1.33 bits per heavy atom. The summed E-state index contributed by atoms with van der Waals surface area (Å²) >= 11 is 0. The molecule has 5 heteroatoms. The summed E-state index contributed by atoms with van der Waals surface area (Å²) in [4.78, 5) is 2.17. The van der Waals surface area contributed by atoms with Crippen LogP contribution in [0.4, 0.5) is 13.2 Å². The molecular formula is C13H17F3N2. The van der Waals surface area contributed by atoms with Gasteiger partial charge in [-0.05, 0) is 31.6 Å². The van der Waals surface area contributed by atoms with Gasteiger partial charge >= 0.3 is 6.18 Å². The molecule has 1 aromatic rings. The van der Waals surface area contributed by atoms with Gasteiger partial charge in [-0.1, -0.05) is 18.2 Å². The molecule has 1 unspecified atom stereocenters. The van der Waals surface area contributed by atoms with Crippen LogP contribution in [0.1, 0.15) is 17.5 Å². The lowest BCUT2D eigenvalue weighted by Gasteiger charge is -2.16. The molecule has 1 aromatic carbocycles. The van der Waals surface area contributed by atoms with Gasteiger partial charge in [0, 0.05) is 19.1 Å². The second kappa shape index (κ2) is 5.28. The summed E-state index contributed by atoms with van der Waals surface area (Å²) in [5, 5.41) is 3.20. The van der Waals surface area contributed by atoms with Crippen LogP contribution in [-0.4, -0.2) is 31.1 Å². The van der Waals surface area contributed by atoms with E-state index in [-0.39, 0.29) is 12.6 Å². The lowest BCUT2D eigenvalue weighted by molar-refractivity contribution is -0.138. The van der Waals surface area contributed by atoms with E-state index >= 15 is 0 Å². The van der Waals surface area contributed by atoms with Crippen molar-refractivity contribution >= 4 is 0 Å². The van der Waals surface area contributed by atoms with E-state index in [4.69, 9.17) is 0 Å². The third kappa shape index (κ3) is 3.23. The molecule has 1 N–H and O–H groups in total. The summed E-state index contributed by atoms with van der Waals surface area (Å²) < 4.78 is 38.3. The molecule has 0 saturated carbocycles. The van der Waals surface area contributed by atoms with E-state index in [0.29, 0.717) is 5.56 Å². The summed E-state index contributed by atoms with van der Waals surface area (Å²) in [7, 11) is 2.02. The van der Waals surface area contributed by atoms with E-state index in [1.54, 1.807) is 6.07 Å². The molecule has 1 aliphatic rings. The minimum absolute atomic E-state index is 0.272. The number of nitrogens with zero attached hydrogens (tertiary/aromatic N) is 1. The largest absolute Gasteiger partial charge is 0.416 e. The van der Waals surface area contributed by atoms with E-state index in [0.717, 1.165) is 25.6 Å². The molecular weight excluding hydrogens is 241 g/mol. The quantitative estimate of drug-likeness (QED) is 0.896. The minimum atomic E-state index is -4.27. The summed E-state index contributed by atoms with van der Waals surface area (Å²) in [6.07, 6.45) is -3.28. The highest BCUT2D eigenvalue weighted by Gasteiger charge is 2.32. The Hall–Kier alpha value is -1.07. The predicted molar refractivity (Wildman–Crippen MR) is 64.2 cm³/mol. The fourth-order valence-electron chi connectivity index (χ4n) is 2.31. The second-order valence-corrected chi connectivity index (χ2v) is 4.78. The zero-order chi connectivity index (χ0) is 13.2. The van der Waals surface area contributed by atoms with Crippen molar-refractivity contribution in [2.75, 3.05) is 20.1 Å². The van der Waals surface area contributed by atoms with E-state index < -0.39 is 11.7 Å². The van der Waals surface area contributed by atoms with Gasteiger partial charge in [-0.2, -0.15) is 13.2 Å². The van der Waals surface area contributed by atoms with Crippen LogP contribution in [0.3, 0.4) is 0 Å². The SMILES string of the molecule is CN1CCC(NCc2ccccc2C(F)(F)F)C1. The Kier molecular flexibility index (Phi) is 3.92. The van der Waals surface area contributed by atoms with Gasteiger partial charge in [0.05, 0.1) is 5.56 Å². The van der Waals surface area contributed by atoms with Gasteiger partial charge in [0.15, 0.2) is 0 Å². The Morgan fingerprint density at radius 3 is 2.67 bits per heavy atom. The highest BCUT2D eigenvalue weighted by Crippen LogP contribution is 2.31. The van der Waals surface area contributed by atoms with Gasteiger partial charge in [0.25, 0.3) is 0 Å². The van der Waals surface area contributed by atoms with E-state index in [2.05, 4.69) is 10.2 Å². The fourth-order valence-corrected chi connectivity index (χ4v) is 2.31. The molecule has 1 fully saturated rings. The molecule has 0 radical (unpaired) electrons. The standard InChI is InChI=1S/C13H17F3N2/c1-18-7-6-11(9-18)17-8-10-4-2-3-5-12(10)13(14,15)16/h2-5,11,17H,6-9H2,1H3. The number of rotatable bonds is 3. The number of likely N-dealkylation sites (N-methyl/N-ethyl adjacent to an activating group) is 1. The van der Waals surface area contributed by atoms with Crippen LogP contribution in [-0.2, 0) is 12.7 Å². The molecule has 2 rings (SSSR count). The number of likely N-dealkylation sites (tertiary alicyclic amines) is 1. The number of hydrogen-bond donors (Lipinski definition) is 1. The number of hydrogen-bond acceptors (Lipinski definition) is 2. The highest BCUT2D eigenvalue weighted by molar-refractivity contribution is 5.29. The van der Waals surface area contributed by atoms with E-state index in [9.17, 15) is 13.2 Å². The minimum Gasteiger partial charge on any atom is -0.309 e. The van der Waals surface area contributed by atoms with Crippen molar-refractivity contribution in [3.05, 3.63) is 35.4 Å². The average molecular weight is 258 g/mol. The maximum absolute atomic E-state index is 12.8. The number of nitrogens with one attached hydrogen (secondary N) is 1. The van der Waals surface area contributed by atoms with Crippen molar-refractivity contribution in [1.29, 1.82) is 0 Å². The zero-order valence-corrected chi connectivity index (χ0v) is 10.3. The van der Waals surface area contributed by atoms with Crippen LogP contribution in [0.15, 0.2) is 24.3 Å². The number of halogens is 3. The van der Waals surface area contributed by atoms with Crippen molar-refractivity contribution in [3.8, 4) is 0 Å². The van der Waals surface area contributed by atoms with Gasteiger partial charge in [-0.3, -0.25) is 0 Å². The van der Waals surface area contributed by atoms with Gasteiger partial charge < -0.3 is 10.2 Å². The maximum atomic E-state index is 12.8. The maximum Gasteiger partial charge on any atom is 0.416 e. The smallest absolute Gasteiger partial charge is 0.309 e. The topological polar surface area (TPSA) is 15.3 Å². The van der Waals surface area contributed by atoms with Gasteiger partial charge in [0.1, 0.15) is 0 Å². The van der Waals surface area contributed by atoms with Crippen LogP contribution in [0.5, 0.6) is 0 Å². The van der Waals surface area contributed by atoms with Crippen LogP contribution in [0.25, 0.3) is 0 Å². The molecule has 0 aliphatic carbocycles. The first kappa shape index (κ1) is 13.4. The summed E-state index contributed by atoms with van der Waals surface area (Å²) in [5.74, 6) is 0. The van der Waals surface area contributed by atoms with Gasteiger partial charge in [0.2, 0.25) is 0 Å².